The number of piperidine rings is 1. The molecule has 0 aromatic heterocycles. The monoisotopic (exact) mass is 781 g/mol. The van der Waals surface area contributed by atoms with Gasteiger partial charge in [0.1, 0.15) is 17.5 Å². The minimum absolute atomic E-state index is 0.00637. The molecule has 1 saturated heterocycles. The molecule has 5 fully saturated rings. The Balaban J connectivity index is 1.25. The number of aliphatic carboxylic acids is 1. The van der Waals surface area contributed by atoms with Crippen molar-refractivity contribution >= 4 is 29.7 Å². The van der Waals surface area contributed by atoms with E-state index in [1.807, 2.05) is 20.8 Å². The van der Waals surface area contributed by atoms with Crippen molar-refractivity contribution in [3.05, 3.63) is 11.1 Å². The summed E-state index contributed by atoms with van der Waals surface area (Å²) in [6.45, 7) is 26.0. The summed E-state index contributed by atoms with van der Waals surface area (Å²) in [5.41, 5.74) is -0.151. The van der Waals surface area contributed by atoms with Gasteiger partial charge >= 0.3 is 18.0 Å². The van der Waals surface area contributed by atoms with E-state index in [0.717, 1.165) is 51.4 Å². The number of hydrogen-bond donors (Lipinski definition) is 2. The number of hydrogen-bond acceptors (Lipinski definition) is 7. The average Bonchev–Trinajstić information content (AvgIpc) is 3.37. The molecular formula is C46H72N2O8. The fourth-order valence-corrected chi connectivity index (χ4v) is 13.5. The normalized spacial score (nSPS) is 37.2. The van der Waals surface area contributed by atoms with Gasteiger partial charge in [-0.05, 0) is 138 Å². The molecule has 0 radical (unpaired) electrons. The third-order valence-electron chi connectivity index (χ3n) is 16.6. The number of carboxylic acids is 1. The second kappa shape index (κ2) is 14.1. The molecule has 4 saturated carbocycles. The summed E-state index contributed by atoms with van der Waals surface area (Å²) in [6.07, 6.45) is 8.11. The highest BCUT2D eigenvalue weighted by Crippen LogP contribution is 2.75. The predicted molar refractivity (Wildman–Crippen MR) is 214 cm³/mol. The Kier molecular flexibility index (Phi) is 10.8. The highest BCUT2D eigenvalue weighted by atomic mass is 16.6. The maximum atomic E-state index is 14.2. The van der Waals surface area contributed by atoms with Gasteiger partial charge in [0, 0.05) is 36.8 Å². The van der Waals surface area contributed by atoms with Crippen molar-refractivity contribution in [2.75, 3.05) is 13.1 Å². The lowest BCUT2D eigenvalue weighted by Gasteiger charge is -2.70. The van der Waals surface area contributed by atoms with Crippen LogP contribution in [0.15, 0.2) is 11.1 Å². The first-order chi connectivity index (χ1) is 25.7. The van der Waals surface area contributed by atoms with Crippen molar-refractivity contribution in [3.63, 3.8) is 0 Å². The Bertz CT molecular complexity index is 1660. The SMILES string of the molecule is CC(C)C1C(=O)C[C@]2(NC(=O)C3CCN(C(=O)OC(C)(C)C)CC3)CC[C@]3(C)C(=C12)CC[C@@H]1[C@@]2(C)CC[C@H](OC(=O)CC(C)(C)C(=O)O)C(C)(C)[C@@H]2CC[C@]13C. The van der Waals surface area contributed by atoms with E-state index >= 15 is 0 Å². The van der Waals surface area contributed by atoms with E-state index in [4.69, 9.17) is 9.47 Å². The number of esters is 1. The van der Waals surface area contributed by atoms with E-state index in [-0.39, 0.29) is 69.7 Å². The standard InChI is InChI=1S/C46H72N2O8/c1-27(2)35-30(49)25-46(47-37(51)28-17-23-48(24-18-28)39(54)56-40(3,4)5)22-21-44(11)29(36(35)46)13-14-32-43(10)19-16-33(55-34(50)26-41(6,7)38(52)53)42(8,9)31(43)15-20-45(32,44)12/h27-28,31-33,35H,13-26H2,1-12H3,(H,47,51)(H,52,53)/t31-,32+,33-,35?,43-,44+,45+,46+/m0/s1. The van der Waals surface area contributed by atoms with Crippen LogP contribution in [0.3, 0.4) is 0 Å². The number of amides is 2. The van der Waals surface area contributed by atoms with E-state index in [2.05, 4.69) is 53.8 Å². The van der Waals surface area contributed by atoms with Gasteiger partial charge in [0.05, 0.1) is 17.4 Å². The summed E-state index contributed by atoms with van der Waals surface area (Å²) in [5, 5.41) is 13.2. The van der Waals surface area contributed by atoms with E-state index in [9.17, 15) is 29.1 Å². The van der Waals surface area contributed by atoms with E-state index in [0.29, 0.717) is 44.2 Å². The number of Topliss-reactive ketones (excluding diaryl/α,β-unsaturated/α-hetero) is 1. The Morgan fingerprint density at radius 1 is 0.875 bits per heavy atom. The molecule has 6 rings (SSSR count). The maximum absolute atomic E-state index is 14.2. The fourth-order valence-electron chi connectivity index (χ4n) is 13.5. The Labute approximate surface area is 336 Å². The largest absolute Gasteiger partial charge is 0.481 e. The number of nitrogens with zero attached hydrogens (tertiary/aromatic N) is 1. The number of allylic oxidation sites excluding steroid dienone is 1. The highest BCUT2D eigenvalue weighted by molar-refractivity contribution is 5.93. The third kappa shape index (κ3) is 6.92. The Morgan fingerprint density at radius 3 is 2.11 bits per heavy atom. The summed E-state index contributed by atoms with van der Waals surface area (Å²) >= 11 is 0. The van der Waals surface area contributed by atoms with Crippen LogP contribution >= 0.6 is 0 Å². The molecule has 0 bridgehead atoms. The van der Waals surface area contributed by atoms with Crippen molar-refractivity contribution < 1.29 is 38.6 Å². The number of likely N-dealkylation sites (tertiary alicyclic amines) is 1. The molecule has 314 valence electrons. The van der Waals surface area contributed by atoms with Gasteiger partial charge in [0.15, 0.2) is 0 Å². The first-order valence-corrected chi connectivity index (χ1v) is 21.7. The molecule has 10 nitrogen and oxygen atoms in total. The maximum Gasteiger partial charge on any atom is 0.410 e. The van der Waals surface area contributed by atoms with Crippen LogP contribution in [-0.4, -0.2) is 70.1 Å². The molecule has 6 aliphatic rings. The van der Waals surface area contributed by atoms with Crippen LogP contribution in [0.1, 0.15) is 160 Å². The molecular weight excluding hydrogens is 709 g/mol. The summed E-state index contributed by atoms with van der Waals surface area (Å²) in [5.74, 6) is -0.706. The van der Waals surface area contributed by atoms with Crippen LogP contribution in [0.5, 0.6) is 0 Å². The molecule has 2 amide bonds. The molecule has 1 unspecified atom stereocenters. The van der Waals surface area contributed by atoms with E-state index in [1.54, 1.807) is 18.7 Å². The first kappa shape index (κ1) is 42.7. The molecule has 8 atom stereocenters. The van der Waals surface area contributed by atoms with Crippen molar-refractivity contribution in [1.82, 2.24) is 10.2 Å². The van der Waals surface area contributed by atoms with Gasteiger partial charge < -0.3 is 24.8 Å². The average molecular weight is 781 g/mol. The molecule has 1 aliphatic heterocycles. The number of fused-ring (bicyclic) bond motifs is 6. The van der Waals surface area contributed by atoms with Crippen molar-refractivity contribution in [3.8, 4) is 0 Å². The zero-order valence-corrected chi connectivity index (χ0v) is 36.6. The van der Waals surface area contributed by atoms with Crippen LogP contribution < -0.4 is 5.32 Å². The highest BCUT2D eigenvalue weighted by Gasteiger charge is 2.69. The molecule has 0 aromatic rings. The smallest absolute Gasteiger partial charge is 0.410 e. The zero-order chi connectivity index (χ0) is 41.6. The number of nitrogens with one attached hydrogen (secondary N) is 1. The van der Waals surface area contributed by atoms with E-state index in [1.165, 1.54) is 11.1 Å². The summed E-state index contributed by atoms with van der Waals surface area (Å²) in [7, 11) is 0. The van der Waals surface area contributed by atoms with Gasteiger partial charge in [-0.25, -0.2) is 4.79 Å². The topological polar surface area (TPSA) is 139 Å². The lowest BCUT2D eigenvalue weighted by Crippen LogP contribution is -2.65. The minimum Gasteiger partial charge on any atom is -0.481 e. The number of ether oxygens (including phenoxy) is 2. The summed E-state index contributed by atoms with van der Waals surface area (Å²) in [6, 6.07) is 0. The van der Waals surface area contributed by atoms with Crippen LogP contribution in [0, 0.1) is 56.7 Å². The van der Waals surface area contributed by atoms with Crippen LogP contribution in [0.4, 0.5) is 4.79 Å². The number of carboxylic acid groups (broad SMARTS) is 1. The Morgan fingerprint density at radius 2 is 1.52 bits per heavy atom. The van der Waals surface area contributed by atoms with Gasteiger partial charge in [-0.1, -0.05) is 54.0 Å². The fraction of sp³-hybridized carbons (Fsp3) is 0.848. The molecule has 10 heteroatoms. The summed E-state index contributed by atoms with van der Waals surface area (Å²) < 4.78 is 11.8. The number of carbonyl (C=O) groups excluding carboxylic acids is 4. The quantitative estimate of drug-likeness (QED) is 0.193. The predicted octanol–water partition coefficient (Wildman–Crippen LogP) is 8.90. The lowest BCUT2D eigenvalue weighted by molar-refractivity contribution is -0.214. The molecule has 5 aliphatic carbocycles. The molecule has 0 spiro atoms. The molecule has 2 N–H and O–H groups in total. The second-order valence-electron chi connectivity index (χ2n) is 22.2. The lowest BCUT2D eigenvalue weighted by atomic mass is 9.34. The first-order valence-electron chi connectivity index (χ1n) is 21.7. The van der Waals surface area contributed by atoms with Gasteiger partial charge in [-0.3, -0.25) is 19.2 Å². The molecule has 0 aromatic carbocycles. The van der Waals surface area contributed by atoms with Crippen LogP contribution in [0.25, 0.3) is 0 Å². The van der Waals surface area contributed by atoms with Gasteiger partial charge in [0.2, 0.25) is 5.91 Å². The number of carbonyl (C=O) groups is 5. The van der Waals surface area contributed by atoms with Crippen molar-refractivity contribution in [1.29, 1.82) is 0 Å². The molecule has 56 heavy (non-hydrogen) atoms. The third-order valence-corrected chi connectivity index (χ3v) is 16.6. The second-order valence-corrected chi connectivity index (χ2v) is 22.2. The van der Waals surface area contributed by atoms with Crippen LogP contribution in [0.2, 0.25) is 0 Å². The van der Waals surface area contributed by atoms with Crippen LogP contribution in [-0.2, 0) is 28.7 Å². The summed E-state index contributed by atoms with van der Waals surface area (Å²) in [4.78, 5) is 67.7. The van der Waals surface area contributed by atoms with E-state index < -0.39 is 28.5 Å². The Hall–Kier alpha value is -2.91. The van der Waals surface area contributed by atoms with Gasteiger partial charge in [-0.2, -0.15) is 0 Å². The molecule has 1 heterocycles. The zero-order valence-electron chi connectivity index (χ0n) is 36.6. The van der Waals surface area contributed by atoms with Gasteiger partial charge in [-0.15, -0.1) is 0 Å². The van der Waals surface area contributed by atoms with Gasteiger partial charge in [0.25, 0.3) is 0 Å². The number of ketones is 1. The number of rotatable bonds is 7. The minimum atomic E-state index is -1.18. The van der Waals surface area contributed by atoms with Crippen molar-refractivity contribution in [2.45, 2.75) is 177 Å². The van der Waals surface area contributed by atoms with Crippen molar-refractivity contribution in [2.24, 2.45) is 56.7 Å².